The van der Waals surface area contributed by atoms with Gasteiger partial charge in [0.25, 0.3) is 0 Å². The van der Waals surface area contributed by atoms with Crippen molar-refractivity contribution >= 4 is 6.09 Å². The van der Waals surface area contributed by atoms with Crippen LogP contribution in [0.4, 0.5) is 4.79 Å². The van der Waals surface area contributed by atoms with Crippen molar-refractivity contribution in [2.45, 2.75) is 46.4 Å². The highest BCUT2D eigenvalue weighted by Gasteiger charge is 2.15. The molecule has 1 heterocycles. The molecule has 0 saturated heterocycles. The van der Waals surface area contributed by atoms with Crippen LogP contribution in [0.5, 0.6) is 0 Å². The van der Waals surface area contributed by atoms with Gasteiger partial charge in [-0.25, -0.2) is 4.79 Å². The van der Waals surface area contributed by atoms with Gasteiger partial charge >= 0.3 is 6.09 Å². The second-order valence-electron chi connectivity index (χ2n) is 6.64. The molecular weight excluding hydrogens is 288 g/mol. The summed E-state index contributed by atoms with van der Waals surface area (Å²) in [5.41, 5.74) is 3.03. The lowest BCUT2D eigenvalue weighted by Gasteiger charge is -2.19. The molecule has 0 spiro atoms. The Bertz CT molecular complexity index is 658. The van der Waals surface area contributed by atoms with Crippen LogP contribution in [0.3, 0.4) is 0 Å². The number of aromatic nitrogens is 1. The molecule has 1 aromatic carbocycles. The van der Waals surface area contributed by atoms with E-state index in [1.54, 1.807) is 0 Å². The Morgan fingerprint density at radius 2 is 1.74 bits per heavy atom. The summed E-state index contributed by atoms with van der Waals surface area (Å²) >= 11 is 0. The minimum absolute atomic E-state index is 0.392. The van der Waals surface area contributed by atoms with Crippen molar-refractivity contribution < 1.29 is 14.1 Å². The minimum atomic E-state index is -0.474. The molecule has 0 atom stereocenters. The number of ether oxygens (including phenoxy) is 1. The highest BCUT2D eigenvalue weighted by atomic mass is 16.6. The van der Waals surface area contributed by atoms with Crippen molar-refractivity contribution in [1.82, 2.24) is 5.32 Å². The van der Waals surface area contributed by atoms with Crippen molar-refractivity contribution in [1.29, 1.82) is 0 Å². The monoisotopic (exact) mass is 313 g/mol. The molecule has 23 heavy (non-hydrogen) atoms. The maximum absolute atomic E-state index is 11.6. The largest absolute Gasteiger partial charge is 0.444 e. The fraction of sp³-hybridized carbons (Fsp3) is 0.368. The molecule has 0 aliphatic heterocycles. The Labute approximate surface area is 138 Å². The average molecular weight is 313 g/mol. The second-order valence-corrected chi connectivity index (χ2v) is 6.64. The van der Waals surface area contributed by atoms with Crippen LogP contribution in [0, 0.1) is 6.92 Å². The van der Waals surface area contributed by atoms with E-state index in [0.29, 0.717) is 6.54 Å². The first-order chi connectivity index (χ1) is 10.8. The number of benzene rings is 1. The molecule has 0 unspecified atom stereocenters. The number of alkyl carbamates (subject to hydrolysis) is 1. The van der Waals surface area contributed by atoms with E-state index in [1.807, 2.05) is 45.0 Å². The van der Waals surface area contributed by atoms with Gasteiger partial charge in [-0.2, -0.15) is 4.57 Å². The van der Waals surface area contributed by atoms with E-state index in [9.17, 15) is 4.79 Å². The summed E-state index contributed by atoms with van der Waals surface area (Å²) in [5, 5.41) is 2.77. The molecule has 0 saturated carbocycles. The van der Waals surface area contributed by atoms with Crippen LogP contribution in [0.25, 0.3) is 0 Å². The van der Waals surface area contributed by atoms with Gasteiger partial charge < -0.3 is 10.1 Å². The topological polar surface area (TPSA) is 42.2 Å². The highest BCUT2D eigenvalue weighted by Crippen LogP contribution is 2.08. The molecule has 1 amide bonds. The zero-order chi connectivity index (χ0) is 16.9. The van der Waals surface area contributed by atoms with E-state index in [-0.39, 0.29) is 0 Å². The SMILES string of the molecule is Cc1cccc[n+]1Cc1ccc(CNC(=O)OC(C)(C)C)cc1. The summed E-state index contributed by atoms with van der Waals surface area (Å²) in [6.07, 6.45) is 1.69. The number of hydrogen-bond donors (Lipinski definition) is 1. The standard InChI is InChI=1S/C19H24N2O2/c1-15-7-5-6-12-21(15)14-17-10-8-16(9-11-17)13-20-18(22)23-19(2,3)4/h5-12H,13-14H2,1-4H3/p+1. The Morgan fingerprint density at radius 3 is 2.35 bits per heavy atom. The van der Waals surface area contributed by atoms with Crippen LogP contribution >= 0.6 is 0 Å². The number of carbonyl (C=O) groups is 1. The summed E-state index contributed by atoms with van der Waals surface area (Å²) in [5.74, 6) is 0. The molecule has 0 aliphatic rings. The average Bonchev–Trinajstić information content (AvgIpc) is 2.47. The molecule has 1 aromatic heterocycles. The summed E-state index contributed by atoms with van der Waals surface area (Å²) in [6, 6.07) is 14.4. The smallest absolute Gasteiger partial charge is 0.407 e. The zero-order valence-corrected chi connectivity index (χ0v) is 14.3. The van der Waals surface area contributed by atoms with Crippen molar-refractivity contribution in [3.63, 3.8) is 0 Å². The van der Waals surface area contributed by atoms with Crippen LogP contribution in [-0.4, -0.2) is 11.7 Å². The van der Waals surface area contributed by atoms with Crippen LogP contribution < -0.4 is 9.88 Å². The number of pyridine rings is 1. The number of rotatable bonds is 4. The number of nitrogens with zero attached hydrogens (tertiary/aromatic N) is 1. The predicted octanol–water partition coefficient (Wildman–Crippen LogP) is 3.36. The molecule has 1 N–H and O–H groups in total. The van der Waals surface area contributed by atoms with Gasteiger partial charge in [0.1, 0.15) is 5.60 Å². The van der Waals surface area contributed by atoms with Crippen molar-refractivity contribution in [2.75, 3.05) is 0 Å². The summed E-state index contributed by atoms with van der Waals surface area (Å²) in [4.78, 5) is 11.6. The first-order valence-electron chi connectivity index (χ1n) is 7.83. The van der Waals surface area contributed by atoms with Gasteiger partial charge in [-0.3, -0.25) is 0 Å². The Balaban J connectivity index is 1.90. The first kappa shape index (κ1) is 17.0. The third kappa shape index (κ3) is 5.74. The molecule has 2 aromatic rings. The van der Waals surface area contributed by atoms with E-state index < -0.39 is 11.7 Å². The number of amides is 1. The number of carbonyl (C=O) groups excluding carboxylic acids is 1. The number of hydrogen-bond acceptors (Lipinski definition) is 2. The van der Waals surface area contributed by atoms with E-state index in [2.05, 4.69) is 41.2 Å². The highest BCUT2D eigenvalue weighted by molar-refractivity contribution is 5.67. The fourth-order valence-corrected chi connectivity index (χ4v) is 2.19. The Morgan fingerprint density at radius 1 is 1.09 bits per heavy atom. The van der Waals surface area contributed by atoms with Crippen molar-refractivity contribution in [2.24, 2.45) is 0 Å². The number of aryl methyl sites for hydroxylation is 1. The molecule has 0 fully saturated rings. The Kier molecular flexibility index (Phi) is 5.37. The van der Waals surface area contributed by atoms with Crippen LogP contribution in [-0.2, 0) is 17.8 Å². The predicted molar refractivity (Wildman–Crippen MR) is 90.0 cm³/mol. The van der Waals surface area contributed by atoms with E-state index >= 15 is 0 Å². The van der Waals surface area contributed by atoms with Gasteiger partial charge in [-0.1, -0.05) is 30.3 Å². The summed E-state index contributed by atoms with van der Waals surface area (Å²) < 4.78 is 7.42. The van der Waals surface area contributed by atoms with Crippen LogP contribution in [0.1, 0.15) is 37.6 Å². The fourth-order valence-electron chi connectivity index (χ4n) is 2.19. The molecule has 0 aliphatic carbocycles. The zero-order valence-electron chi connectivity index (χ0n) is 14.3. The van der Waals surface area contributed by atoms with E-state index in [0.717, 1.165) is 12.1 Å². The lowest BCUT2D eigenvalue weighted by atomic mass is 10.1. The van der Waals surface area contributed by atoms with Gasteiger partial charge in [-0.15, -0.1) is 0 Å². The normalized spacial score (nSPS) is 11.1. The Hall–Kier alpha value is -2.36. The van der Waals surface area contributed by atoms with Crippen LogP contribution in [0.2, 0.25) is 0 Å². The molecule has 0 bridgehead atoms. The lowest BCUT2D eigenvalue weighted by molar-refractivity contribution is -0.694. The minimum Gasteiger partial charge on any atom is -0.444 e. The number of nitrogens with one attached hydrogen (secondary N) is 1. The third-order valence-electron chi connectivity index (χ3n) is 3.38. The van der Waals surface area contributed by atoms with Gasteiger partial charge in [0.05, 0.1) is 0 Å². The molecule has 4 nitrogen and oxygen atoms in total. The summed E-state index contributed by atoms with van der Waals surface area (Å²) in [6.45, 7) is 8.96. The van der Waals surface area contributed by atoms with Gasteiger partial charge in [0.15, 0.2) is 18.4 Å². The van der Waals surface area contributed by atoms with E-state index in [4.69, 9.17) is 4.74 Å². The molecule has 2 rings (SSSR count). The molecule has 122 valence electrons. The molecule has 4 heteroatoms. The van der Waals surface area contributed by atoms with Crippen molar-refractivity contribution in [3.05, 3.63) is 65.5 Å². The van der Waals surface area contributed by atoms with Gasteiger partial charge in [-0.05, 0) is 26.3 Å². The lowest BCUT2D eigenvalue weighted by Crippen LogP contribution is -2.36. The molecular formula is C19H25N2O2+. The quantitative estimate of drug-likeness (QED) is 0.880. The van der Waals surface area contributed by atoms with E-state index in [1.165, 1.54) is 11.3 Å². The maximum Gasteiger partial charge on any atom is 0.407 e. The van der Waals surface area contributed by atoms with Crippen molar-refractivity contribution in [3.8, 4) is 0 Å². The second kappa shape index (κ2) is 7.27. The van der Waals surface area contributed by atoms with Gasteiger partial charge in [0, 0.05) is 31.2 Å². The third-order valence-corrected chi connectivity index (χ3v) is 3.38. The maximum atomic E-state index is 11.6. The first-order valence-corrected chi connectivity index (χ1v) is 7.83. The van der Waals surface area contributed by atoms with Gasteiger partial charge in [0.2, 0.25) is 0 Å². The van der Waals surface area contributed by atoms with Crippen LogP contribution in [0.15, 0.2) is 48.7 Å². The summed E-state index contributed by atoms with van der Waals surface area (Å²) in [7, 11) is 0. The molecule has 0 radical (unpaired) electrons.